The Morgan fingerprint density at radius 1 is 1.07 bits per heavy atom. The first-order valence-electron chi connectivity index (χ1n) is 10.6. The summed E-state index contributed by atoms with van der Waals surface area (Å²) in [6.45, 7) is 5.61. The molecule has 0 aromatic heterocycles. The number of benzene rings is 2. The fourth-order valence-corrected chi connectivity index (χ4v) is 3.96. The van der Waals surface area contributed by atoms with Crippen LogP contribution in [0.2, 0.25) is 0 Å². The number of carbonyl (C=O) groups excluding carboxylic acids is 3. The maximum Gasteiger partial charge on any atom is 0.326 e. The van der Waals surface area contributed by atoms with Gasteiger partial charge in [-0.25, -0.2) is 0 Å². The fraction of sp³-hybridized carbons (Fsp3) is 0.458. The summed E-state index contributed by atoms with van der Waals surface area (Å²) in [5.74, 6) is -0.342. The SMILES string of the molecule is C[C@H]1[C@@H](NC(=O)[C@@H](C)OC(=O)CNC(=O)c2ccc3ccccc3c2)CCC[C@@H]1C. The van der Waals surface area contributed by atoms with Crippen LogP contribution in [0.4, 0.5) is 0 Å². The maximum atomic E-state index is 12.4. The molecule has 0 unspecified atom stereocenters. The lowest BCUT2D eigenvalue weighted by Gasteiger charge is -2.35. The van der Waals surface area contributed by atoms with E-state index in [4.69, 9.17) is 4.74 Å². The highest BCUT2D eigenvalue weighted by Crippen LogP contribution is 2.29. The molecule has 2 aromatic carbocycles. The molecule has 0 radical (unpaired) electrons. The van der Waals surface area contributed by atoms with Crippen LogP contribution >= 0.6 is 0 Å². The Kier molecular flexibility index (Phi) is 7.08. The third-order valence-electron chi connectivity index (χ3n) is 6.12. The van der Waals surface area contributed by atoms with Gasteiger partial charge in [0.25, 0.3) is 11.8 Å². The Morgan fingerprint density at radius 2 is 1.80 bits per heavy atom. The van der Waals surface area contributed by atoms with Gasteiger partial charge in [-0.3, -0.25) is 14.4 Å². The number of carbonyl (C=O) groups is 3. The molecular formula is C24H30N2O4. The number of ether oxygens (including phenoxy) is 1. The summed E-state index contributed by atoms with van der Waals surface area (Å²) in [6.07, 6.45) is 2.31. The van der Waals surface area contributed by atoms with Crippen LogP contribution in [-0.2, 0) is 14.3 Å². The lowest BCUT2D eigenvalue weighted by molar-refractivity contribution is -0.154. The molecule has 2 N–H and O–H groups in total. The van der Waals surface area contributed by atoms with Crippen molar-refractivity contribution in [1.82, 2.24) is 10.6 Å². The third-order valence-corrected chi connectivity index (χ3v) is 6.12. The van der Waals surface area contributed by atoms with Crippen molar-refractivity contribution in [1.29, 1.82) is 0 Å². The molecule has 1 aliphatic rings. The van der Waals surface area contributed by atoms with E-state index >= 15 is 0 Å². The van der Waals surface area contributed by atoms with Crippen LogP contribution in [-0.4, -0.2) is 36.5 Å². The smallest absolute Gasteiger partial charge is 0.326 e. The van der Waals surface area contributed by atoms with Crippen molar-refractivity contribution in [3.8, 4) is 0 Å². The van der Waals surface area contributed by atoms with Crippen LogP contribution in [0.3, 0.4) is 0 Å². The second-order valence-electron chi connectivity index (χ2n) is 8.26. The van der Waals surface area contributed by atoms with Gasteiger partial charge in [0.15, 0.2) is 6.10 Å². The molecule has 0 bridgehead atoms. The Hall–Kier alpha value is -2.89. The van der Waals surface area contributed by atoms with Gasteiger partial charge in [-0.15, -0.1) is 0 Å². The van der Waals surface area contributed by atoms with Crippen LogP contribution < -0.4 is 10.6 Å². The first kappa shape index (κ1) is 21.8. The van der Waals surface area contributed by atoms with Crippen molar-refractivity contribution in [2.24, 2.45) is 11.8 Å². The summed E-state index contributed by atoms with van der Waals surface area (Å²) in [4.78, 5) is 36.8. The third kappa shape index (κ3) is 5.38. The Labute approximate surface area is 177 Å². The van der Waals surface area contributed by atoms with E-state index in [1.807, 2.05) is 30.3 Å². The van der Waals surface area contributed by atoms with Gasteiger partial charge in [-0.2, -0.15) is 0 Å². The molecule has 6 heteroatoms. The van der Waals surface area contributed by atoms with Crippen LogP contribution in [0.15, 0.2) is 42.5 Å². The Morgan fingerprint density at radius 3 is 2.57 bits per heavy atom. The molecule has 1 fully saturated rings. The van der Waals surface area contributed by atoms with Crippen molar-refractivity contribution in [3.05, 3.63) is 48.0 Å². The van der Waals surface area contributed by atoms with E-state index in [0.29, 0.717) is 17.4 Å². The van der Waals surface area contributed by atoms with Gasteiger partial charge in [0, 0.05) is 11.6 Å². The topological polar surface area (TPSA) is 84.5 Å². The van der Waals surface area contributed by atoms with Gasteiger partial charge in [0.2, 0.25) is 0 Å². The first-order chi connectivity index (χ1) is 14.3. The second-order valence-corrected chi connectivity index (χ2v) is 8.26. The van der Waals surface area contributed by atoms with Crippen molar-refractivity contribution < 1.29 is 19.1 Å². The Balaban J connectivity index is 1.47. The van der Waals surface area contributed by atoms with Crippen LogP contribution in [0.1, 0.15) is 50.4 Å². The standard InChI is InChI=1S/C24H30N2O4/c1-15-7-6-10-21(16(15)2)26-23(28)17(3)30-22(27)14-25-24(29)20-12-11-18-8-4-5-9-19(18)13-20/h4-5,8-9,11-13,15-17,21H,6-7,10,14H2,1-3H3,(H,25,29)(H,26,28)/t15-,16+,17+,21-/m0/s1. The maximum absolute atomic E-state index is 12.4. The monoisotopic (exact) mass is 410 g/mol. The van der Waals surface area contributed by atoms with Crippen molar-refractivity contribution >= 4 is 28.6 Å². The van der Waals surface area contributed by atoms with Gasteiger partial charge >= 0.3 is 5.97 Å². The summed E-state index contributed by atoms with van der Waals surface area (Å²) in [5, 5.41) is 7.55. The molecule has 30 heavy (non-hydrogen) atoms. The number of fused-ring (bicyclic) bond motifs is 1. The zero-order valence-electron chi connectivity index (χ0n) is 17.8. The van der Waals surface area contributed by atoms with E-state index < -0.39 is 12.1 Å². The summed E-state index contributed by atoms with van der Waals surface area (Å²) >= 11 is 0. The van der Waals surface area contributed by atoms with E-state index in [0.717, 1.165) is 23.6 Å². The molecule has 1 aliphatic carbocycles. The lowest BCUT2D eigenvalue weighted by Crippen LogP contribution is -2.48. The molecule has 0 heterocycles. The number of esters is 1. The zero-order chi connectivity index (χ0) is 21.7. The number of hydrogen-bond donors (Lipinski definition) is 2. The fourth-order valence-electron chi connectivity index (χ4n) is 3.96. The van der Waals surface area contributed by atoms with Crippen LogP contribution in [0.5, 0.6) is 0 Å². The minimum absolute atomic E-state index is 0.106. The molecule has 160 valence electrons. The van der Waals surface area contributed by atoms with Gasteiger partial charge in [0.1, 0.15) is 6.54 Å². The van der Waals surface area contributed by atoms with Crippen molar-refractivity contribution in [3.63, 3.8) is 0 Å². The minimum atomic E-state index is -0.903. The largest absolute Gasteiger partial charge is 0.451 e. The lowest BCUT2D eigenvalue weighted by atomic mass is 9.78. The van der Waals surface area contributed by atoms with Gasteiger partial charge in [-0.1, -0.05) is 57.0 Å². The molecule has 0 saturated heterocycles. The van der Waals surface area contributed by atoms with E-state index in [-0.39, 0.29) is 24.4 Å². The van der Waals surface area contributed by atoms with Crippen molar-refractivity contribution in [2.75, 3.05) is 6.54 Å². The quantitative estimate of drug-likeness (QED) is 0.715. The molecule has 6 nitrogen and oxygen atoms in total. The van der Waals surface area contributed by atoms with Gasteiger partial charge < -0.3 is 15.4 Å². The van der Waals surface area contributed by atoms with Gasteiger partial charge in [0.05, 0.1) is 0 Å². The van der Waals surface area contributed by atoms with E-state index in [9.17, 15) is 14.4 Å². The Bertz CT molecular complexity index is 926. The molecule has 2 amide bonds. The van der Waals surface area contributed by atoms with Crippen LogP contribution in [0, 0.1) is 11.8 Å². The summed E-state index contributed by atoms with van der Waals surface area (Å²) in [5.41, 5.74) is 0.465. The summed E-state index contributed by atoms with van der Waals surface area (Å²) in [6, 6.07) is 13.2. The van der Waals surface area contributed by atoms with Crippen molar-refractivity contribution in [2.45, 2.75) is 52.2 Å². The highest BCUT2D eigenvalue weighted by Gasteiger charge is 2.30. The number of rotatable bonds is 6. The predicted octanol–water partition coefficient (Wildman–Crippen LogP) is 3.44. The summed E-state index contributed by atoms with van der Waals surface area (Å²) in [7, 11) is 0. The highest BCUT2D eigenvalue weighted by atomic mass is 16.5. The average Bonchev–Trinajstić information content (AvgIpc) is 2.74. The molecular weight excluding hydrogens is 380 g/mol. The molecule has 0 aliphatic heterocycles. The normalized spacial score (nSPS) is 22.2. The van der Waals surface area contributed by atoms with E-state index in [1.165, 1.54) is 6.42 Å². The minimum Gasteiger partial charge on any atom is -0.451 e. The van der Waals surface area contributed by atoms with Gasteiger partial charge in [-0.05, 0) is 48.1 Å². The zero-order valence-corrected chi connectivity index (χ0v) is 17.8. The molecule has 4 atom stereocenters. The summed E-state index contributed by atoms with van der Waals surface area (Å²) < 4.78 is 5.21. The second kappa shape index (κ2) is 9.74. The van der Waals surface area contributed by atoms with E-state index in [2.05, 4.69) is 24.5 Å². The molecule has 0 spiro atoms. The molecule has 1 saturated carbocycles. The molecule has 2 aromatic rings. The average molecular weight is 411 g/mol. The number of hydrogen-bond acceptors (Lipinski definition) is 4. The number of amides is 2. The highest BCUT2D eigenvalue weighted by molar-refractivity contribution is 5.99. The van der Waals surface area contributed by atoms with Crippen LogP contribution in [0.25, 0.3) is 10.8 Å². The predicted molar refractivity (Wildman–Crippen MR) is 116 cm³/mol. The number of nitrogens with one attached hydrogen (secondary N) is 2. The first-order valence-corrected chi connectivity index (χ1v) is 10.6. The molecule has 3 rings (SSSR count). The van der Waals surface area contributed by atoms with E-state index in [1.54, 1.807) is 19.1 Å².